The summed E-state index contributed by atoms with van der Waals surface area (Å²) >= 11 is 0. The van der Waals surface area contributed by atoms with Gasteiger partial charge in [0.05, 0.1) is 22.8 Å². The number of para-hydroxylation sites is 2. The first kappa shape index (κ1) is 19.7. The summed E-state index contributed by atoms with van der Waals surface area (Å²) in [6.45, 7) is 10.3. The molecule has 1 unspecified atom stereocenters. The summed E-state index contributed by atoms with van der Waals surface area (Å²) in [5.74, 6) is 1.68. The topological polar surface area (TPSA) is 66.8 Å². The molecule has 0 spiro atoms. The first-order valence-electron chi connectivity index (χ1n) is 10.7. The Balaban J connectivity index is 1.46. The number of benzene rings is 1. The molecule has 1 atom stereocenters. The van der Waals surface area contributed by atoms with Crippen molar-refractivity contribution in [3.63, 3.8) is 0 Å². The number of amides is 1. The zero-order valence-corrected chi connectivity index (χ0v) is 17.9. The first-order valence-corrected chi connectivity index (χ1v) is 10.7. The number of carbonyl (C=O) groups is 1. The lowest BCUT2D eigenvalue weighted by Crippen LogP contribution is -2.31. The van der Waals surface area contributed by atoms with E-state index in [1.165, 1.54) is 11.3 Å². The van der Waals surface area contributed by atoms with E-state index in [9.17, 15) is 4.79 Å². The van der Waals surface area contributed by atoms with Gasteiger partial charge < -0.3 is 9.88 Å². The van der Waals surface area contributed by atoms with E-state index < -0.39 is 0 Å². The van der Waals surface area contributed by atoms with E-state index in [1.807, 2.05) is 29.2 Å². The first-order chi connectivity index (χ1) is 13.9. The molecule has 1 aliphatic heterocycles. The van der Waals surface area contributed by atoms with E-state index in [1.54, 1.807) is 0 Å². The van der Waals surface area contributed by atoms with Crippen LogP contribution in [0.3, 0.4) is 0 Å². The molecule has 1 amide bonds. The van der Waals surface area contributed by atoms with E-state index in [0.29, 0.717) is 12.3 Å². The molecular weight excluding hydrogens is 362 g/mol. The zero-order chi connectivity index (χ0) is 20.5. The van der Waals surface area contributed by atoms with Gasteiger partial charge in [0.15, 0.2) is 0 Å². The molecule has 1 aliphatic rings. The highest BCUT2D eigenvalue weighted by atomic mass is 16.2. The summed E-state index contributed by atoms with van der Waals surface area (Å²) in [6.07, 6.45) is 3.26. The average Bonchev–Trinajstić information content (AvgIpc) is 3.38. The van der Waals surface area contributed by atoms with Gasteiger partial charge in [0.25, 0.3) is 0 Å². The molecule has 0 bridgehead atoms. The van der Waals surface area contributed by atoms with E-state index in [2.05, 4.69) is 42.5 Å². The van der Waals surface area contributed by atoms with Gasteiger partial charge in [0.2, 0.25) is 5.91 Å². The fraction of sp³-hybridized carbons (Fsp3) is 0.522. The summed E-state index contributed by atoms with van der Waals surface area (Å²) in [5, 5.41) is 4.69. The van der Waals surface area contributed by atoms with Gasteiger partial charge in [-0.25, -0.2) is 4.98 Å². The number of hydrogen-bond donors (Lipinski definition) is 1. The Morgan fingerprint density at radius 3 is 2.83 bits per heavy atom. The van der Waals surface area contributed by atoms with Crippen molar-refractivity contribution >= 4 is 16.9 Å². The number of H-pyrrole nitrogens is 1. The lowest BCUT2D eigenvalue weighted by atomic mass is 10.1. The maximum Gasteiger partial charge on any atom is 0.223 e. The van der Waals surface area contributed by atoms with Crippen LogP contribution >= 0.6 is 0 Å². The van der Waals surface area contributed by atoms with Crippen molar-refractivity contribution in [2.45, 2.75) is 66.0 Å². The molecule has 3 aromatic rings. The summed E-state index contributed by atoms with van der Waals surface area (Å²) in [7, 11) is 0. The number of hydrogen-bond acceptors (Lipinski definition) is 3. The van der Waals surface area contributed by atoms with Crippen LogP contribution in [-0.4, -0.2) is 37.1 Å². The number of aryl methyl sites for hydroxylation is 1. The van der Waals surface area contributed by atoms with Crippen LogP contribution in [0.25, 0.3) is 11.0 Å². The molecular formula is C23H31N5O. The highest BCUT2D eigenvalue weighted by molar-refractivity contribution is 5.78. The molecule has 1 saturated heterocycles. The van der Waals surface area contributed by atoms with E-state index >= 15 is 0 Å². The Morgan fingerprint density at radius 1 is 1.28 bits per heavy atom. The number of aromatic nitrogens is 4. The summed E-state index contributed by atoms with van der Waals surface area (Å²) < 4.78 is 2.09. The third-order valence-electron chi connectivity index (χ3n) is 5.95. The standard InChI is InChI=1S/C23H31N5O/c1-15(2)14-28-17(4)18(16(3)26-28)11-12-22(29)27-13-7-10-21(27)23-24-19-8-5-6-9-20(19)25-23/h5-6,8-9,15,21H,7,10-14H2,1-4H3,(H,24,25). The Hall–Kier alpha value is -2.63. The van der Waals surface area contributed by atoms with Gasteiger partial charge in [-0.2, -0.15) is 5.10 Å². The van der Waals surface area contributed by atoms with Gasteiger partial charge in [0, 0.05) is 25.2 Å². The molecule has 1 N–H and O–H groups in total. The highest BCUT2D eigenvalue weighted by Gasteiger charge is 2.32. The zero-order valence-electron chi connectivity index (χ0n) is 17.9. The van der Waals surface area contributed by atoms with Crippen molar-refractivity contribution in [1.82, 2.24) is 24.6 Å². The molecule has 4 rings (SSSR count). The Bertz CT molecular complexity index is 983. The molecule has 6 nitrogen and oxygen atoms in total. The molecule has 0 radical (unpaired) electrons. The Kier molecular flexibility index (Phi) is 5.43. The summed E-state index contributed by atoms with van der Waals surface area (Å²) in [6, 6.07) is 8.10. The van der Waals surface area contributed by atoms with Crippen LogP contribution in [-0.2, 0) is 17.8 Å². The van der Waals surface area contributed by atoms with Crippen molar-refractivity contribution in [2.75, 3.05) is 6.54 Å². The second-order valence-electron chi connectivity index (χ2n) is 8.61. The fourth-order valence-corrected chi connectivity index (χ4v) is 4.47. The lowest BCUT2D eigenvalue weighted by molar-refractivity contribution is -0.132. The number of likely N-dealkylation sites (tertiary alicyclic amines) is 1. The molecule has 29 heavy (non-hydrogen) atoms. The molecule has 1 aromatic carbocycles. The Morgan fingerprint density at radius 2 is 2.07 bits per heavy atom. The van der Waals surface area contributed by atoms with Crippen molar-refractivity contribution in [3.05, 3.63) is 47.0 Å². The molecule has 2 aromatic heterocycles. The van der Waals surface area contributed by atoms with Crippen LogP contribution in [0.1, 0.15) is 61.9 Å². The number of imidazole rings is 1. The number of nitrogens with zero attached hydrogens (tertiary/aromatic N) is 4. The molecule has 0 aliphatic carbocycles. The van der Waals surface area contributed by atoms with Gasteiger partial charge in [-0.1, -0.05) is 26.0 Å². The van der Waals surface area contributed by atoms with E-state index in [4.69, 9.17) is 4.98 Å². The highest BCUT2D eigenvalue weighted by Crippen LogP contribution is 2.32. The largest absolute Gasteiger partial charge is 0.340 e. The summed E-state index contributed by atoms with van der Waals surface area (Å²) in [5.41, 5.74) is 5.46. The molecule has 3 heterocycles. The van der Waals surface area contributed by atoms with Crippen LogP contribution in [0.2, 0.25) is 0 Å². The predicted octanol–water partition coefficient (Wildman–Crippen LogP) is 4.33. The molecule has 1 fully saturated rings. The van der Waals surface area contributed by atoms with E-state index in [-0.39, 0.29) is 11.9 Å². The van der Waals surface area contributed by atoms with Crippen LogP contribution in [0, 0.1) is 19.8 Å². The van der Waals surface area contributed by atoms with Gasteiger partial charge in [-0.3, -0.25) is 9.48 Å². The number of fused-ring (bicyclic) bond motifs is 1. The van der Waals surface area contributed by atoms with Gasteiger partial charge in [0.1, 0.15) is 5.82 Å². The van der Waals surface area contributed by atoms with Crippen molar-refractivity contribution in [1.29, 1.82) is 0 Å². The molecule has 6 heteroatoms. The molecule has 0 saturated carbocycles. The van der Waals surface area contributed by atoms with Gasteiger partial charge in [-0.15, -0.1) is 0 Å². The van der Waals surface area contributed by atoms with Gasteiger partial charge in [-0.05, 0) is 56.7 Å². The van der Waals surface area contributed by atoms with Crippen LogP contribution in [0.5, 0.6) is 0 Å². The SMILES string of the molecule is Cc1nn(CC(C)C)c(C)c1CCC(=O)N1CCCC1c1nc2ccccc2[nH]1. The van der Waals surface area contributed by atoms with Gasteiger partial charge >= 0.3 is 0 Å². The monoisotopic (exact) mass is 393 g/mol. The number of carbonyl (C=O) groups excluding carboxylic acids is 1. The van der Waals surface area contributed by atoms with Crippen molar-refractivity contribution in [2.24, 2.45) is 5.92 Å². The lowest BCUT2D eigenvalue weighted by Gasteiger charge is -2.23. The average molecular weight is 394 g/mol. The number of rotatable bonds is 6. The Labute approximate surface area is 172 Å². The predicted molar refractivity (Wildman–Crippen MR) is 115 cm³/mol. The third-order valence-corrected chi connectivity index (χ3v) is 5.95. The summed E-state index contributed by atoms with van der Waals surface area (Å²) in [4.78, 5) is 23.3. The maximum absolute atomic E-state index is 13.1. The second kappa shape index (κ2) is 8.01. The van der Waals surface area contributed by atoms with Crippen molar-refractivity contribution in [3.8, 4) is 0 Å². The third kappa shape index (κ3) is 3.93. The maximum atomic E-state index is 13.1. The van der Waals surface area contributed by atoms with Crippen LogP contribution < -0.4 is 0 Å². The minimum absolute atomic E-state index is 0.0563. The molecule has 154 valence electrons. The smallest absolute Gasteiger partial charge is 0.223 e. The van der Waals surface area contributed by atoms with Crippen LogP contribution in [0.4, 0.5) is 0 Å². The van der Waals surface area contributed by atoms with Crippen molar-refractivity contribution < 1.29 is 4.79 Å². The fourth-order valence-electron chi connectivity index (χ4n) is 4.47. The van der Waals surface area contributed by atoms with Crippen LogP contribution in [0.15, 0.2) is 24.3 Å². The minimum atomic E-state index is 0.0563. The van der Waals surface area contributed by atoms with E-state index in [0.717, 1.165) is 54.9 Å². The number of aromatic amines is 1. The normalized spacial score (nSPS) is 17.0. The quantitative estimate of drug-likeness (QED) is 0.678. The number of nitrogens with one attached hydrogen (secondary N) is 1. The second-order valence-corrected chi connectivity index (χ2v) is 8.61. The minimum Gasteiger partial charge on any atom is -0.340 e.